The van der Waals surface area contributed by atoms with E-state index in [0.717, 1.165) is 5.57 Å². The lowest BCUT2D eigenvalue weighted by Gasteiger charge is -2.05. The number of hydrogen-bond acceptors (Lipinski definition) is 1. The van der Waals surface area contributed by atoms with Gasteiger partial charge < -0.3 is 0 Å². The molecule has 1 rings (SSSR count). The van der Waals surface area contributed by atoms with Crippen LogP contribution in [0, 0.1) is 11.8 Å². The number of rotatable bonds is 2. The SMILES string of the molecule is C=C[C@@H]1C=CC(=O)/C1=C/C(C)C. The Morgan fingerprint density at radius 2 is 2.25 bits per heavy atom. The van der Waals surface area contributed by atoms with E-state index < -0.39 is 0 Å². The van der Waals surface area contributed by atoms with E-state index in [2.05, 4.69) is 20.4 Å². The maximum atomic E-state index is 11.3. The number of ketones is 1. The van der Waals surface area contributed by atoms with Crippen LogP contribution in [0.2, 0.25) is 0 Å². The molecule has 0 unspecified atom stereocenters. The highest BCUT2D eigenvalue weighted by Gasteiger charge is 2.19. The van der Waals surface area contributed by atoms with E-state index in [1.807, 2.05) is 12.2 Å². The summed E-state index contributed by atoms with van der Waals surface area (Å²) in [6.45, 7) is 7.83. The summed E-state index contributed by atoms with van der Waals surface area (Å²) in [5.41, 5.74) is 0.875. The van der Waals surface area contributed by atoms with Crippen LogP contribution in [0.15, 0.2) is 36.5 Å². The van der Waals surface area contributed by atoms with Gasteiger partial charge in [-0.25, -0.2) is 0 Å². The summed E-state index contributed by atoms with van der Waals surface area (Å²) in [5, 5.41) is 0. The first-order chi connectivity index (χ1) is 5.65. The summed E-state index contributed by atoms with van der Waals surface area (Å²) in [6.07, 6.45) is 7.33. The van der Waals surface area contributed by atoms with Crippen LogP contribution in [0.3, 0.4) is 0 Å². The van der Waals surface area contributed by atoms with Crippen molar-refractivity contribution in [3.05, 3.63) is 36.5 Å². The van der Waals surface area contributed by atoms with Gasteiger partial charge in [-0.3, -0.25) is 4.79 Å². The van der Waals surface area contributed by atoms with E-state index in [1.165, 1.54) is 0 Å². The monoisotopic (exact) mass is 162 g/mol. The third kappa shape index (κ3) is 1.73. The Morgan fingerprint density at radius 1 is 1.58 bits per heavy atom. The Bertz CT molecular complexity index is 256. The zero-order valence-corrected chi connectivity index (χ0v) is 7.58. The van der Waals surface area contributed by atoms with E-state index >= 15 is 0 Å². The molecule has 0 radical (unpaired) electrons. The molecule has 1 heteroatoms. The van der Waals surface area contributed by atoms with Crippen molar-refractivity contribution in [2.24, 2.45) is 11.8 Å². The Hall–Kier alpha value is -1.11. The van der Waals surface area contributed by atoms with Gasteiger partial charge in [0.15, 0.2) is 5.78 Å². The van der Waals surface area contributed by atoms with Crippen molar-refractivity contribution in [2.75, 3.05) is 0 Å². The van der Waals surface area contributed by atoms with Crippen molar-refractivity contribution in [1.82, 2.24) is 0 Å². The number of allylic oxidation sites excluding steroid dienone is 5. The van der Waals surface area contributed by atoms with Crippen molar-refractivity contribution in [3.63, 3.8) is 0 Å². The Labute approximate surface area is 73.5 Å². The molecule has 0 aromatic heterocycles. The highest BCUT2D eigenvalue weighted by atomic mass is 16.1. The first-order valence-electron chi connectivity index (χ1n) is 4.22. The van der Waals surface area contributed by atoms with Gasteiger partial charge in [-0.1, -0.05) is 32.1 Å². The Balaban J connectivity index is 2.88. The predicted octanol–water partition coefficient (Wildman–Crippen LogP) is 2.51. The molecule has 0 aliphatic heterocycles. The molecule has 0 fully saturated rings. The molecule has 1 atom stereocenters. The molecule has 1 aliphatic rings. The lowest BCUT2D eigenvalue weighted by atomic mass is 9.98. The maximum Gasteiger partial charge on any atom is 0.182 e. The van der Waals surface area contributed by atoms with Gasteiger partial charge in [0, 0.05) is 11.5 Å². The third-order valence-electron chi connectivity index (χ3n) is 1.87. The zero-order chi connectivity index (χ0) is 9.14. The van der Waals surface area contributed by atoms with Gasteiger partial charge in [0.2, 0.25) is 0 Å². The van der Waals surface area contributed by atoms with Gasteiger partial charge in [-0.05, 0) is 12.0 Å². The average molecular weight is 162 g/mol. The van der Waals surface area contributed by atoms with Gasteiger partial charge >= 0.3 is 0 Å². The van der Waals surface area contributed by atoms with Crippen LogP contribution in [-0.4, -0.2) is 5.78 Å². The quantitative estimate of drug-likeness (QED) is 0.450. The Morgan fingerprint density at radius 3 is 2.75 bits per heavy atom. The van der Waals surface area contributed by atoms with E-state index in [9.17, 15) is 4.79 Å². The van der Waals surface area contributed by atoms with E-state index in [1.54, 1.807) is 12.2 Å². The molecular formula is C11H14O. The van der Waals surface area contributed by atoms with E-state index in [-0.39, 0.29) is 11.7 Å². The summed E-state index contributed by atoms with van der Waals surface area (Å²) >= 11 is 0. The van der Waals surface area contributed by atoms with Crippen LogP contribution >= 0.6 is 0 Å². The highest BCUT2D eigenvalue weighted by molar-refractivity contribution is 6.07. The largest absolute Gasteiger partial charge is 0.290 e. The van der Waals surface area contributed by atoms with Crippen LogP contribution in [0.5, 0.6) is 0 Å². The number of hydrogen-bond donors (Lipinski definition) is 0. The molecular weight excluding hydrogens is 148 g/mol. The first-order valence-corrected chi connectivity index (χ1v) is 4.22. The Kier molecular flexibility index (Phi) is 2.64. The van der Waals surface area contributed by atoms with Gasteiger partial charge in [0.05, 0.1) is 0 Å². The second kappa shape index (κ2) is 3.53. The van der Waals surface area contributed by atoms with E-state index in [4.69, 9.17) is 0 Å². The van der Waals surface area contributed by atoms with Crippen LogP contribution in [0.25, 0.3) is 0 Å². The first kappa shape index (κ1) is 8.98. The summed E-state index contributed by atoms with van der Waals surface area (Å²) in [6, 6.07) is 0. The fraction of sp³-hybridized carbons (Fsp3) is 0.364. The standard InChI is InChI=1S/C11H14O/c1-4-9-5-6-11(12)10(9)7-8(2)3/h4-9H,1H2,2-3H3/b10-7+/t9-/m1/s1. The minimum absolute atomic E-state index is 0.133. The number of carbonyl (C=O) groups is 1. The molecule has 0 saturated heterocycles. The molecule has 1 aliphatic carbocycles. The fourth-order valence-corrected chi connectivity index (χ4v) is 1.31. The zero-order valence-electron chi connectivity index (χ0n) is 7.58. The van der Waals surface area contributed by atoms with Crippen molar-refractivity contribution >= 4 is 5.78 Å². The average Bonchev–Trinajstić information content (AvgIpc) is 2.32. The molecule has 12 heavy (non-hydrogen) atoms. The number of carbonyl (C=O) groups excluding carboxylic acids is 1. The van der Waals surface area contributed by atoms with Crippen molar-refractivity contribution in [1.29, 1.82) is 0 Å². The smallest absolute Gasteiger partial charge is 0.182 e. The van der Waals surface area contributed by atoms with Gasteiger partial charge in [0.25, 0.3) is 0 Å². The van der Waals surface area contributed by atoms with Crippen molar-refractivity contribution in [2.45, 2.75) is 13.8 Å². The molecule has 1 nitrogen and oxygen atoms in total. The van der Waals surface area contributed by atoms with E-state index in [0.29, 0.717) is 5.92 Å². The second-order valence-electron chi connectivity index (χ2n) is 3.35. The normalized spacial score (nSPS) is 25.8. The summed E-state index contributed by atoms with van der Waals surface area (Å²) in [5.74, 6) is 0.694. The molecule has 0 bridgehead atoms. The van der Waals surface area contributed by atoms with Crippen LogP contribution < -0.4 is 0 Å². The third-order valence-corrected chi connectivity index (χ3v) is 1.87. The molecule has 0 aromatic carbocycles. The molecule has 0 aromatic rings. The minimum atomic E-state index is 0.133. The predicted molar refractivity (Wildman–Crippen MR) is 50.8 cm³/mol. The van der Waals surface area contributed by atoms with Gasteiger partial charge in [0.1, 0.15) is 0 Å². The fourth-order valence-electron chi connectivity index (χ4n) is 1.31. The molecule has 64 valence electrons. The highest BCUT2D eigenvalue weighted by Crippen LogP contribution is 2.23. The van der Waals surface area contributed by atoms with Crippen LogP contribution in [-0.2, 0) is 4.79 Å². The molecule has 0 amide bonds. The van der Waals surface area contributed by atoms with Gasteiger partial charge in [-0.15, -0.1) is 6.58 Å². The molecule has 0 saturated carbocycles. The maximum absolute atomic E-state index is 11.3. The van der Waals surface area contributed by atoms with Crippen molar-refractivity contribution < 1.29 is 4.79 Å². The second-order valence-corrected chi connectivity index (χ2v) is 3.35. The lowest BCUT2D eigenvalue weighted by molar-refractivity contribution is -0.111. The molecule has 0 N–H and O–H groups in total. The summed E-state index contributed by atoms with van der Waals surface area (Å²) in [4.78, 5) is 11.3. The summed E-state index contributed by atoms with van der Waals surface area (Å²) < 4.78 is 0. The topological polar surface area (TPSA) is 17.1 Å². The van der Waals surface area contributed by atoms with Crippen LogP contribution in [0.4, 0.5) is 0 Å². The van der Waals surface area contributed by atoms with Crippen molar-refractivity contribution in [3.8, 4) is 0 Å². The molecule has 0 heterocycles. The summed E-state index contributed by atoms with van der Waals surface area (Å²) in [7, 11) is 0. The molecule has 0 spiro atoms. The lowest BCUT2D eigenvalue weighted by Crippen LogP contribution is -2.01. The van der Waals surface area contributed by atoms with Crippen LogP contribution in [0.1, 0.15) is 13.8 Å². The van der Waals surface area contributed by atoms with Gasteiger partial charge in [-0.2, -0.15) is 0 Å². The minimum Gasteiger partial charge on any atom is -0.290 e.